The van der Waals surface area contributed by atoms with E-state index in [9.17, 15) is 9.59 Å². The van der Waals surface area contributed by atoms with Gasteiger partial charge in [-0.1, -0.05) is 69.7 Å². The molecule has 0 saturated carbocycles. The average Bonchev–Trinajstić information content (AvgIpc) is 3.24. The van der Waals surface area contributed by atoms with Crippen LogP contribution in [0.5, 0.6) is 0 Å². The van der Waals surface area contributed by atoms with Crippen molar-refractivity contribution < 1.29 is 14.3 Å². The highest BCUT2D eigenvalue weighted by molar-refractivity contribution is 5.97. The van der Waals surface area contributed by atoms with Crippen LogP contribution in [0.3, 0.4) is 0 Å². The number of fused-ring (bicyclic) bond motifs is 1. The zero-order valence-electron chi connectivity index (χ0n) is 24.8. The van der Waals surface area contributed by atoms with E-state index >= 15 is 0 Å². The summed E-state index contributed by atoms with van der Waals surface area (Å²) in [5.41, 5.74) is 6.75. The number of benzene rings is 3. The van der Waals surface area contributed by atoms with Crippen LogP contribution in [0.4, 0.5) is 5.69 Å². The minimum Gasteiger partial charge on any atom is -0.456 e. The summed E-state index contributed by atoms with van der Waals surface area (Å²) in [6.45, 7) is 14.3. The Bertz CT molecular complexity index is 1510. The quantitative estimate of drug-likeness (QED) is 0.219. The highest BCUT2D eigenvalue weighted by atomic mass is 16.6. The van der Waals surface area contributed by atoms with Gasteiger partial charge in [0.25, 0.3) is 0 Å². The third-order valence-corrected chi connectivity index (χ3v) is 6.82. The van der Waals surface area contributed by atoms with Crippen LogP contribution >= 0.6 is 0 Å². The molecule has 40 heavy (non-hydrogen) atoms. The van der Waals surface area contributed by atoms with Gasteiger partial charge in [-0.3, -0.25) is 4.79 Å². The van der Waals surface area contributed by atoms with Crippen molar-refractivity contribution in [2.45, 2.75) is 79.9 Å². The molecule has 1 amide bonds. The molecule has 0 radical (unpaired) electrons. The topological polar surface area (TPSA) is 73.2 Å². The lowest BCUT2D eigenvalue weighted by atomic mass is 9.98. The Morgan fingerprint density at radius 2 is 1.73 bits per heavy atom. The number of aromatic nitrogens is 2. The molecule has 0 bridgehead atoms. The fraction of sp³-hybridized carbons (Fsp3) is 0.382. The van der Waals surface area contributed by atoms with E-state index in [0.29, 0.717) is 12.1 Å². The van der Waals surface area contributed by atoms with Crippen molar-refractivity contribution in [3.63, 3.8) is 0 Å². The molecule has 0 saturated heterocycles. The minimum atomic E-state index is -0.563. The largest absolute Gasteiger partial charge is 0.456 e. The number of unbranched alkanes of at least 4 members (excludes halogenated alkanes) is 1. The first-order chi connectivity index (χ1) is 19.0. The van der Waals surface area contributed by atoms with E-state index in [-0.39, 0.29) is 17.8 Å². The SMILES string of the molecule is CCCCc1nc2c(C)cc(NC(=O)C(C)C)cc2n1Cc1ccc(-c2ccccc2C(=O)OC(C)(C)C)cc1. The van der Waals surface area contributed by atoms with E-state index in [1.807, 2.05) is 77.9 Å². The number of hydrogen-bond donors (Lipinski definition) is 1. The maximum Gasteiger partial charge on any atom is 0.339 e. The highest BCUT2D eigenvalue weighted by Crippen LogP contribution is 2.29. The molecule has 1 heterocycles. The lowest BCUT2D eigenvalue weighted by Crippen LogP contribution is -2.24. The van der Waals surface area contributed by atoms with Crippen molar-refractivity contribution in [2.24, 2.45) is 5.92 Å². The summed E-state index contributed by atoms with van der Waals surface area (Å²) in [6, 6.07) is 19.9. The van der Waals surface area contributed by atoms with Gasteiger partial charge < -0.3 is 14.6 Å². The Morgan fingerprint density at radius 3 is 2.38 bits per heavy atom. The van der Waals surface area contributed by atoms with Crippen LogP contribution in [0.1, 0.15) is 81.7 Å². The van der Waals surface area contributed by atoms with Crippen molar-refractivity contribution in [1.82, 2.24) is 9.55 Å². The molecule has 210 valence electrons. The van der Waals surface area contributed by atoms with Crippen molar-refractivity contribution in [1.29, 1.82) is 0 Å². The summed E-state index contributed by atoms with van der Waals surface area (Å²) < 4.78 is 7.92. The van der Waals surface area contributed by atoms with Crippen LogP contribution in [-0.2, 0) is 22.5 Å². The highest BCUT2D eigenvalue weighted by Gasteiger charge is 2.21. The number of carbonyl (C=O) groups is 2. The molecule has 0 aliphatic carbocycles. The lowest BCUT2D eigenvalue weighted by molar-refractivity contribution is -0.118. The molecule has 4 aromatic rings. The zero-order chi connectivity index (χ0) is 29.0. The molecule has 1 N–H and O–H groups in total. The fourth-order valence-corrected chi connectivity index (χ4v) is 4.72. The van der Waals surface area contributed by atoms with Crippen LogP contribution < -0.4 is 5.32 Å². The van der Waals surface area contributed by atoms with E-state index in [0.717, 1.165) is 64.1 Å². The second kappa shape index (κ2) is 12.1. The van der Waals surface area contributed by atoms with Gasteiger partial charge in [0.15, 0.2) is 0 Å². The third kappa shape index (κ3) is 6.79. The van der Waals surface area contributed by atoms with Crippen LogP contribution in [0.25, 0.3) is 22.2 Å². The zero-order valence-corrected chi connectivity index (χ0v) is 24.8. The first-order valence-corrected chi connectivity index (χ1v) is 14.2. The standard InChI is InChI=1S/C34H41N3O3/c1-8-9-14-30-36-31-23(4)19-26(35-32(38)22(2)3)20-29(31)37(30)21-24-15-17-25(18-16-24)27-12-10-11-13-28(27)33(39)40-34(5,6)7/h10-13,15-20,22H,8-9,14,21H2,1-7H3,(H,35,38). The fourth-order valence-electron chi connectivity index (χ4n) is 4.72. The predicted molar refractivity (Wildman–Crippen MR) is 163 cm³/mol. The average molecular weight is 540 g/mol. The smallest absolute Gasteiger partial charge is 0.339 e. The van der Waals surface area contributed by atoms with Crippen LogP contribution in [-0.4, -0.2) is 27.0 Å². The Hall–Kier alpha value is -3.93. The molecule has 0 spiro atoms. The molecule has 0 aliphatic heterocycles. The lowest BCUT2D eigenvalue weighted by Gasteiger charge is -2.20. The van der Waals surface area contributed by atoms with Gasteiger partial charge in [0.1, 0.15) is 11.4 Å². The molecule has 6 heteroatoms. The molecule has 3 aromatic carbocycles. The number of nitrogens with one attached hydrogen (secondary N) is 1. The molecule has 0 aliphatic rings. The van der Waals surface area contributed by atoms with Crippen molar-refractivity contribution in [3.05, 3.63) is 83.2 Å². The second-order valence-corrected chi connectivity index (χ2v) is 11.8. The normalized spacial score (nSPS) is 11.7. The number of esters is 1. The van der Waals surface area contributed by atoms with E-state index < -0.39 is 5.60 Å². The van der Waals surface area contributed by atoms with E-state index in [2.05, 4.69) is 41.1 Å². The number of nitrogens with zero attached hydrogens (tertiary/aromatic N) is 2. The maximum atomic E-state index is 12.9. The molecule has 0 fully saturated rings. The number of imidazole rings is 1. The van der Waals surface area contributed by atoms with Crippen molar-refractivity contribution >= 4 is 28.6 Å². The first kappa shape index (κ1) is 29.1. The van der Waals surface area contributed by atoms with Gasteiger partial charge in [-0.25, -0.2) is 9.78 Å². The van der Waals surface area contributed by atoms with Gasteiger partial charge in [-0.15, -0.1) is 0 Å². The summed E-state index contributed by atoms with van der Waals surface area (Å²) in [6.07, 6.45) is 3.03. The number of ether oxygens (including phenoxy) is 1. The summed E-state index contributed by atoms with van der Waals surface area (Å²) in [5, 5.41) is 3.05. The van der Waals surface area contributed by atoms with Gasteiger partial charge in [0.05, 0.1) is 16.6 Å². The summed E-state index contributed by atoms with van der Waals surface area (Å²) in [4.78, 5) is 30.3. The predicted octanol–water partition coefficient (Wildman–Crippen LogP) is 7.95. The maximum absolute atomic E-state index is 12.9. The molecule has 6 nitrogen and oxygen atoms in total. The minimum absolute atomic E-state index is 0.00160. The summed E-state index contributed by atoms with van der Waals surface area (Å²) in [5.74, 6) is 0.623. The number of hydrogen-bond acceptors (Lipinski definition) is 4. The van der Waals surface area contributed by atoms with Gasteiger partial charge >= 0.3 is 5.97 Å². The Kier molecular flexibility index (Phi) is 8.77. The number of rotatable bonds is 9. The third-order valence-electron chi connectivity index (χ3n) is 6.82. The number of amides is 1. The summed E-state index contributed by atoms with van der Waals surface area (Å²) >= 11 is 0. The van der Waals surface area contributed by atoms with E-state index in [1.54, 1.807) is 0 Å². The Labute approximate surface area is 237 Å². The van der Waals surface area contributed by atoms with Gasteiger partial charge in [-0.2, -0.15) is 0 Å². The van der Waals surface area contributed by atoms with Crippen molar-refractivity contribution in [2.75, 3.05) is 5.32 Å². The monoisotopic (exact) mass is 539 g/mol. The van der Waals surface area contributed by atoms with Gasteiger partial charge in [0.2, 0.25) is 5.91 Å². The van der Waals surface area contributed by atoms with Crippen LogP contribution in [0.2, 0.25) is 0 Å². The first-order valence-electron chi connectivity index (χ1n) is 14.2. The number of aryl methyl sites for hydroxylation is 2. The van der Waals surface area contributed by atoms with Crippen LogP contribution in [0, 0.1) is 12.8 Å². The molecule has 4 rings (SSSR count). The van der Waals surface area contributed by atoms with Crippen LogP contribution in [0.15, 0.2) is 60.7 Å². The molecule has 0 atom stereocenters. The second-order valence-electron chi connectivity index (χ2n) is 11.8. The molecule has 0 unspecified atom stereocenters. The molecule has 1 aromatic heterocycles. The molecular weight excluding hydrogens is 498 g/mol. The summed E-state index contributed by atoms with van der Waals surface area (Å²) in [7, 11) is 0. The molecular formula is C34H41N3O3. The van der Waals surface area contributed by atoms with E-state index in [1.165, 1.54) is 0 Å². The van der Waals surface area contributed by atoms with Gasteiger partial charge in [-0.05, 0) is 74.6 Å². The number of anilines is 1. The Morgan fingerprint density at radius 1 is 1.02 bits per heavy atom. The van der Waals surface area contributed by atoms with Gasteiger partial charge in [0, 0.05) is 24.6 Å². The Balaban J connectivity index is 1.68. The van der Waals surface area contributed by atoms with Crippen molar-refractivity contribution in [3.8, 4) is 11.1 Å². The number of carbonyl (C=O) groups excluding carboxylic acids is 2. The van der Waals surface area contributed by atoms with E-state index in [4.69, 9.17) is 9.72 Å².